The van der Waals surface area contributed by atoms with E-state index in [1.165, 1.54) is 25.7 Å². The smallest absolute Gasteiger partial charge is 0.222 e. The van der Waals surface area contributed by atoms with Crippen LogP contribution >= 0.6 is 0 Å². The lowest BCUT2D eigenvalue weighted by Crippen LogP contribution is -2.30. The van der Waals surface area contributed by atoms with E-state index < -0.39 is 0 Å². The molecule has 0 aromatic rings. The van der Waals surface area contributed by atoms with Crippen LogP contribution in [-0.4, -0.2) is 18.5 Å². The lowest BCUT2D eigenvalue weighted by atomic mass is 10.0. The molecule has 0 fully saturated rings. The van der Waals surface area contributed by atoms with Crippen molar-refractivity contribution < 1.29 is 4.79 Å². The van der Waals surface area contributed by atoms with E-state index in [0.717, 1.165) is 38.1 Å². The van der Waals surface area contributed by atoms with Crippen LogP contribution in [0.4, 0.5) is 0 Å². The molecule has 0 saturated heterocycles. The summed E-state index contributed by atoms with van der Waals surface area (Å²) in [7, 11) is 0. The van der Waals surface area contributed by atoms with Crippen LogP contribution in [0.25, 0.3) is 0 Å². The van der Waals surface area contributed by atoms with Crippen LogP contribution in [-0.2, 0) is 4.79 Å². The molecule has 3 nitrogen and oxygen atoms in total. The molecule has 3 N–H and O–H groups in total. The van der Waals surface area contributed by atoms with Gasteiger partial charge in [0, 0.05) is 18.5 Å². The van der Waals surface area contributed by atoms with Crippen LogP contribution in [0, 0.1) is 11.8 Å². The summed E-state index contributed by atoms with van der Waals surface area (Å²) >= 11 is 0. The summed E-state index contributed by atoms with van der Waals surface area (Å²) in [6, 6.07) is 0.246. The van der Waals surface area contributed by atoms with Crippen LogP contribution in [0.3, 0.4) is 0 Å². The third-order valence-electron chi connectivity index (χ3n) is 3.75. The molecular weight excluding hydrogens is 248 g/mol. The van der Waals surface area contributed by atoms with Crippen molar-refractivity contribution in [3.8, 4) is 0 Å². The summed E-state index contributed by atoms with van der Waals surface area (Å²) < 4.78 is 0. The number of carbonyl (C=O) groups is 1. The van der Waals surface area contributed by atoms with Crippen molar-refractivity contribution in [3.63, 3.8) is 0 Å². The van der Waals surface area contributed by atoms with E-state index in [9.17, 15) is 4.79 Å². The Bertz CT molecular complexity index is 239. The molecule has 0 aliphatic heterocycles. The van der Waals surface area contributed by atoms with Crippen LogP contribution in [0.15, 0.2) is 0 Å². The fourth-order valence-corrected chi connectivity index (χ4v) is 2.29. The van der Waals surface area contributed by atoms with Gasteiger partial charge in [0.2, 0.25) is 5.91 Å². The van der Waals surface area contributed by atoms with Gasteiger partial charge in [-0.2, -0.15) is 0 Å². The summed E-state index contributed by atoms with van der Waals surface area (Å²) in [6.45, 7) is 9.40. The van der Waals surface area contributed by atoms with E-state index in [4.69, 9.17) is 5.73 Å². The number of unbranched alkanes of at least 4 members (excludes halogenated alkanes) is 3. The summed E-state index contributed by atoms with van der Waals surface area (Å²) in [6.07, 6.45) is 9.26. The Hall–Kier alpha value is -0.570. The zero-order valence-corrected chi connectivity index (χ0v) is 14.1. The molecule has 0 heterocycles. The molecule has 1 amide bonds. The minimum absolute atomic E-state index is 0.120. The van der Waals surface area contributed by atoms with Crippen LogP contribution in [0.2, 0.25) is 0 Å². The quantitative estimate of drug-likeness (QED) is 0.535. The van der Waals surface area contributed by atoms with Crippen LogP contribution in [0.1, 0.15) is 79.1 Å². The van der Waals surface area contributed by atoms with Crippen LogP contribution in [0.5, 0.6) is 0 Å². The van der Waals surface area contributed by atoms with Crippen molar-refractivity contribution in [2.24, 2.45) is 17.6 Å². The molecule has 0 aromatic carbocycles. The number of amides is 1. The van der Waals surface area contributed by atoms with Gasteiger partial charge in [-0.3, -0.25) is 4.79 Å². The van der Waals surface area contributed by atoms with E-state index in [1.54, 1.807) is 0 Å². The molecule has 0 saturated carbocycles. The number of rotatable bonds is 12. The van der Waals surface area contributed by atoms with Crippen molar-refractivity contribution in [2.45, 2.75) is 85.1 Å². The number of nitrogens with two attached hydrogens (primary N) is 1. The van der Waals surface area contributed by atoms with E-state index in [-0.39, 0.29) is 17.9 Å². The lowest BCUT2D eigenvalue weighted by molar-refractivity contribution is -0.124. The second kappa shape index (κ2) is 12.2. The second-order valence-corrected chi connectivity index (χ2v) is 6.70. The van der Waals surface area contributed by atoms with Gasteiger partial charge in [0.15, 0.2) is 0 Å². The van der Waals surface area contributed by atoms with Crippen molar-refractivity contribution in [2.75, 3.05) is 6.54 Å². The average Bonchev–Trinajstić information content (AvgIpc) is 2.36. The fourth-order valence-electron chi connectivity index (χ4n) is 2.29. The zero-order valence-electron chi connectivity index (χ0n) is 14.1. The third-order valence-corrected chi connectivity index (χ3v) is 3.75. The molecule has 0 aliphatic carbocycles. The van der Waals surface area contributed by atoms with Gasteiger partial charge in [-0.25, -0.2) is 0 Å². The summed E-state index contributed by atoms with van der Waals surface area (Å²) in [5.41, 5.74) is 5.71. The Labute approximate surface area is 126 Å². The van der Waals surface area contributed by atoms with Gasteiger partial charge in [-0.05, 0) is 32.1 Å². The normalized spacial score (nSPS) is 14.3. The highest BCUT2D eigenvalue weighted by molar-refractivity contribution is 5.78. The van der Waals surface area contributed by atoms with Crippen molar-refractivity contribution in [3.05, 3.63) is 0 Å². The maximum atomic E-state index is 11.9. The average molecular weight is 284 g/mol. The number of hydrogen-bond donors (Lipinski definition) is 2. The van der Waals surface area contributed by atoms with E-state index >= 15 is 0 Å². The monoisotopic (exact) mass is 284 g/mol. The molecule has 2 atom stereocenters. The molecule has 0 spiro atoms. The molecule has 0 radical (unpaired) electrons. The first-order valence-corrected chi connectivity index (χ1v) is 8.46. The Kier molecular flexibility index (Phi) is 11.8. The standard InChI is InChI=1S/C17H36N2O/c1-14(2)10-7-5-6-8-13-19-17(20)15(3)11-9-12-16(4)18/h14-16H,5-13,18H2,1-4H3,(H,19,20). The van der Waals surface area contributed by atoms with Gasteiger partial charge in [-0.1, -0.05) is 52.9 Å². The first kappa shape index (κ1) is 19.4. The van der Waals surface area contributed by atoms with Gasteiger partial charge in [-0.15, -0.1) is 0 Å². The minimum atomic E-state index is 0.120. The maximum Gasteiger partial charge on any atom is 0.222 e. The Morgan fingerprint density at radius 1 is 0.900 bits per heavy atom. The Morgan fingerprint density at radius 2 is 1.55 bits per heavy atom. The predicted molar refractivity (Wildman–Crippen MR) is 87.6 cm³/mol. The molecule has 0 aromatic heterocycles. The van der Waals surface area contributed by atoms with Gasteiger partial charge >= 0.3 is 0 Å². The molecule has 120 valence electrons. The van der Waals surface area contributed by atoms with Gasteiger partial charge in [0.25, 0.3) is 0 Å². The molecule has 0 aliphatic rings. The molecule has 3 heteroatoms. The molecule has 0 rings (SSSR count). The predicted octanol–water partition coefficient (Wildman–Crippen LogP) is 3.86. The molecule has 20 heavy (non-hydrogen) atoms. The molecule has 0 bridgehead atoms. The van der Waals surface area contributed by atoms with Gasteiger partial charge < -0.3 is 11.1 Å². The molecular formula is C17H36N2O. The van der Waals surface area contributed by atoms with Crippen molar-refractivity contribution in [1.29, 1.82) is 0 Å². The van der Waals surface area contributed by atoms with Crippen LogP contribution < -0.4 is 11.1 Å². The second-order valence-electron chi connectivity index (χ2n) is 6.70. The highest BCUT2D eigenvalue weighted by Gasteiger charge is 2.11. The number of hydrogen-bond acceptors (Lipinski definition) is 2. The maximum absolute atomic E-state index is 11.9. The van der Waals surface area contributed by atoms with E-state index in [2.05, 4.69) is 19.2 Å². The highest BCUT2D eigenvalue weighted by atomic mass is 16.1. The fraction of sp³-hybridized carbons (Fsp3) is 0.941. The SMILES string of the molecule is CC(C)CCCCCCNC(=O)C(C)CCCC(C)N. The largest absolute Gasteiger partial charge is 0.356 e. The first-order valence-electron chi connectivity index (χ1n) is 8.46. The third kappa shape index (κ3) is 12.5. The van der Waals surface area contributed by atoms with Crippen molar-refractivity contribution in [1.82, 2.24) is 5.32 Å². The zero-order chi connectivity index (χ0) is 15.4. The summed E-state index contributed by atoms with van der Waals surface area (Å²) in [5, 5.41) is 3.05. The Morgan fingerprint density at radius 3 is 2.15 bits per heavy atom. The Balaban J connectivity index is 3.43. The summed E-state index contributed by atoms with van der Waals surface area (Å²) in [4.78, 5) is 11.9. The first-order chi connectivity index (χ1) is 9.43. The van der Waals surface area contributed by atoms with E-state index in [1.807, 2.05) is 13.8 Å². The van der Waals surface area contributed by atoms with Crippen molar-refractivity contribution >= 4 is 5.91 Å². The number of carbonyl (C=O) groups excluding carboxylic acids is 1. The molecule has 2 unspecified atom stereocenters. The highest BCUT2D eigenvalue weighted by Crippen LogP contribution is 2.10. The number of nitrogens with one attached hydrogen (secondary N) is 1. The van der Waals surface area contributed by atoms with Gasteiger partial charge in [0.05, 0.1) is 0 Å². The van der Waals surface area contributed by atoms with E-state index in [0.29, 0.717) is 0 Å². The lowest BCUT2D eigenvalue weighted by Gasteiger charge is -2.13. The van der Waals surface area contributed by atoms with Gasteiger partial charge in [0.1, 0.15) is 0 Å². The summed E-state index contributed by atoms with van der Waals surface area (Å²) in [5.74, 6) is 1.14. The topological polar surface area (TPSA) is 55.1 Å². The minimum Gasteiger partial charge on any atom is -0.356 e.